The zero-order valence-electron chi connectivity index (χ0n) is 39.4. The number of aliphatic imine (C=N–C) groups is 1. The van der Waals surface area contributed by atoms with Gasteiger partial charge in [0.2, 0.25) is 0 Å². The number of esters is 1. The number of anilines is 4. The highest BCUT2D eigenvalue weighted by Crippen LogP contribution is 2.44. The molecule has 15 nitrogen and oxygen atoms in total. The zero-order valence-corrected chi connectivity index (χ0v) is 39.4. The van der Waals surface area contributed by atoms with Crippen LogP contribution in [0.25, 0.3) is 0 Å². The molecule has 68 heavy (non-hydrogen) atoms. The quantitative estimate of drug-likeness (QED) is 0.104. The largest absolute Gasteiger partial charge is 0.493 e. The SMILES string of the molecule is COC(=O)CCCN(C)c1cc(COc2cc3c(cc2OC)C(=O)N2c4ccccc4C[C@H]2C=N3)cc(COc2cc3c(cc2OC)C(=O)N2c4ccccc4C[C@H]2CN3C(=O)OC(C)(C)C)c1. The lowest BCUT2D eigenvalue weighted by atomic mass is 10.1. The van der Waals surface area contributed by atoms with Crippen LogP contribution >= 0.6 is 0 Å². The van der Waals surface area contributed by atoms with Crippen molar-refractivity contribution in [3.63, 3.8) is 0 Å². The van der Waals surface area contributed by atoms with Crippen molar-refractivity contribution in [3.8, 4) is 23.0 Å². The molecule has 15 heteroatoms. The number of ether oxygens (including phenoxy) is 6. The fourth-order valence-corrected chi connectivity index (χ4v) is 9.36. The molecule has 0 saturated carbocycles. The molecule has 0 unspecified atom stereocenters. The Balaban J connectivity index is 1.01. The molecule has 0 N–H and O–H groups in total. The molecule has 0 spiro atoms. The molecule has 4 heterocycles. The van der Waals surface area contributed by atoms with E-state index >= 15 is 0 Å². The van der Waals surface area contributed by atoms with E-state index in [-0.39, 0.29) is 61.6 Å². The summed E-state index contributed by atoms with van der Waals surface area (Å²) >= 11 is 0. The van der Waals surface area contributed by atoms with Crippen molar-refractivity contribution in [2.45, 2.75) is 77.4 Å². The molecule has 3 amide bonds. The predicted octanol–water partition coefficient (Wildman–Crippen LogP) is 8.87. The highest BCUT2D eigenvalue weighted by molar-refractivity contribution is 6.15. The Hall–Kier alpha value is -7.55. The minimum atomic E-state index is -0.793. The first kappa shape index (κ1) is 45.6. The minimum absolute atomic E-state index is 0.0638. The van der Waals surface area contributed by atoms with Crippen molar-refractivity contribution < 1.29 is 47.6 Å². The van der Waals surface area contributed by atoms with E-state index in [4.69, 9.17) is 33.4 Å². The van der Waals surface area contributed by atoms with Gasteiger partial charge in [0, 0.05) is 61.8 Å². The molecule has 0 saturated heterocycles. The molecule has 4 aliphatic heterocycles. The molecule has 0 aliphatic carbocycles. The van der Waals surface area contributed by atoms with Gasteiger partial charge >= 0.3 is 12.1 Å². The van der Waals surface area contributed by atoms with Gasteiger partial charge in [0.05, 0.1) is 62.5 Å². The number of carbonyl (C=O) groups excluding carboxylic acids is 4. The first-order valence-corrected chi connectivity index (χ1v) is 22.7. The summed E-state index contributed by atoms with van der Waals surface area (Å²) in [5.74, 6) is 0.729. The summed E-state index contributed by atoms with van der Waals surface area (Å²) in [5.41, 5.74) is 6.97. The molecule has 0 bridgehead atoms. The summed E-state index contributed by atoms with van der Waals surface area (Å²) in [7, 11) is 6.36. The van der Waals surface area contributed by atoms with E-state index in [0.717, 1.165) is 39.3 Å². The Kier molecular flexibility index (Phi) is 12.5. The number of fused-ring (bicyclic) bond motifs is 8. The van der Waals surface area contributed by atoms with Crippen molar-refractivity contribution in [3.05, 3.63) is 124 Å². The van der Waals surface area contributed by atoms with Gasteiger partial charge in [-0.05, 0) is 98.3 Å². The van der Waals surface area contributed by atoms with Crippen molar-refractivity contribution in [1.29, 1.82) is 0 Å². The fraction of sp³-hybridized carbons (Fsp3) is 0.340. The van der Waals surface area contributed by atoms with Crippen LogP contribution in [0.3, 0.4) is 0 Å². The van der Waals surface area contributed by atoms with E-state index < -0.39 is 11.7 Å². The summed E-state index contributed by atoms with van der Waals surface area (Å²) in [5, 5.41) is 0. The number of benzene rings is 5. The number of methoxy groups -OCH3 is 3. The Labute approximate surface area is 395 Å². The second-order valence-electron chi connectivity index (χ2n) is 18.3. The number of para-hydroxylation sites is 2. The first-order valence-electron chi connectivity index (χ1n) is 22.7. The summed E-state index contributed by atoms with van der Waals surface area (Å²) in [6.45, 7) is 6.36. The molecule has 0 fully saturated rings. The number of nitrogens with zero attached hydrogens (tertiary/aromatic N) is 5. The second kappa shape index (κ2) is 18.6. The molecule has 0 radical (unpaired) electrons. The van der Waals surface area contributed by atoms with Gasteiger partial charge in [-0.15, -0.1) is 0 Å². The third kappa shape index (κ3) is 8.99. The monoisotopic (exact) mass is 921 g/mol. The summed E-state index contributed by atoms with van der Waals surface area (Å²) in [4.78, 5) is 66.5. The number of amides is 3. The van der Waals surface area contributed by atoms with Crippen molar-refractivity contribution in [1.82, 2.24) is 0 Å². The molecule has 0 aromatic heterocycles. The van der Waals surface area contributed by atoms with Crippen molar-refractivity contribution in [2.75, 3.05) is 61.1 Å². The van der Waals surface area contributed by atoms with Crippen LogP contribution in [0.4, 0.5) is 33.2 Å². The summed E-state index contributed by atoms with van der Waals surface area (Å²) in [6, 6.07) is 27.9. The van der Waals surface area contributed by atoms with E-state index in [1.807, 2.05) is 106 Å². The van der Waals surface area contributed by atoms with Crippen LogP contribution in [-0.4, -0.2) is 89.2 Å². The second-order valence-corrected chi connectivity index (χ2v) is 18.3. The smallest absolute Gasteiger partial charge is 0.414 e. The molecular formula is C53H55N5O10. The summed E-state index contributed by atoms with van der Waals surface area (Å²) in [6.07, 6.45) is 3.32. The Morgan fingerprint density at radius 3 is 1.97 bits per heavy atom. The van der Waals surface area contributed by atoms with Gasteiger partial charge in [-0.2, -0.15) is 0 Å². The number of hydrogen-bond acceptors (Lipinski definition) is 12. The van der Waals surface area contributed by atoms with Crippen molar-refractivity contribution in [2.24, 2.45) is 4.99 Å². The van der Waals surface area contributed by atoms with Crippen LogP contribution in [0.15, 0.2) is 96.0 Å². The van der Waals surface area contributed by atoms with Gasteiger partial charge in [0.1, 0.15) is 18.8 Å². The number of carbonyl (C=O) groups is 4. The maximum atomic E-state index is 14.5. The molecule has 4 aliphatic rings. The standard InChI is InChI=1S/C53H55N5O10/c1-53(2,3)68-52(62)56-29-38-23-35-14-9-11-16-43(35)58(38)51(61)40-25-46(64-6)48(27-44(40)56)67-31-33-19-32(20-36(21-33)55(4)18-12-17-49(59)65-7)30-66-47-26-41-39(24-45(47)63-5)50(60)57-37(28-54-41)22-34-13-8-10-15-42(34)57/h8-11,13-16,19-21,24-28,37-38H,12,17-18,22-23,29-31H2,1-7H3/t37-,38-/m0/s1. The Morgan fingerprint density at radius 1 is 0.721 bits per heavy atom. The van der Waals surface area contributed by atoms with Gasteiger partial charge in [0.25, 0.3) is 11.8 Å². The zero-order chi connectivity index (χ0) is 47.9. The molecule has 352 valence electrons. The first-order chi connectivity index (χ1) is 32.7. The van der Waals surface area contributed by atoms with E-state index in [1.165, 1.54) is 26.2 Å². The van der Waals surface area contributed by atoms with Gasteiger partial charge in [-0.1, -0.05) is 36.4 Å². The Morgan fingerprint density at radius 2 is 1.32 bits per heavy atom. The topological polar surface area (TPSA) is 149 Å². The highest BCUT2D eigenvalue weighted by atomic mass is 16.6. The Bertz CT molecular complexity index is 2840. The molecule has 5 aromatic carbocycles. The van der Waals surface area contributed by atoms with Gasteiger partial charge in [-0.3, -0.25) is 29.2 Å². The minimum Gasteiger partial charge on any atom is -0.493 e. The maximum absolute atomic E-state index is 14.5. The van der Waals surface area contributed by atoms with E-state index in [2.05, 4.69) is 0 Å². The van der Waals surface area contributed by atoms with Crippen LogP contribution < -0.4 is 38.5 Å². The molecule has 2 atom stereocenters. The maximum Gasteiger partial charge on any atom is 0.414 e. The average molecular weight is 922 g/mol. The number of hydrogen-bond donors (Lipinski definition) is 0. The van der Waals surface area contributed by atoms with Crippen molar-refractivity contribution >= 4 is 58.5 Å². The van der Waals surface area contributed by atoms with Gasteiger partial charge < -0.3 is 38.2 Å². The van der Waals surface area contributed by atoms with Crippen LogP contribution in [0.5, 0.6) is 23.0 Å². The predicted molar refractivity (Wildman–Crippen MR) is 259 cm³/mol. The lowest BCUT2D eigenvalue weighted by Gasteiger charge is -2.29. The van der Waals surface area contributed by atoms with E-state index in [9.17, 15) is 19.2 Å². The van der Waals surface area contributed by atoms with Crippen LogP contribution in [0.1, 0.15) is 76.6 Å². The lowest BCUT2D eigenvalue weighted by molar-refractivity contribution is -0.140. The fourth-order valence-electron chi connectivity index (χ4n) is 9.36. The average Bonchev–Trinajstić information content (AvgIpc) is 3.82. The van der Waals surface area contributed by atoms with Gasteiger partial charge in [0.15, 0.2) is 23.0 Å². The third-order valence-corrected chi connectivity index (χ3v) is 12.6. The normalized spacial score (nSPS) is 16.6. The summed E-state index contributed by atoms with van der Waals surface area (Å²) < 4.78 is 35.5. The van der Waals surface area contributed by atoms with Crippen LogP contribution in [0.2, 0.25) is 0 Å². The van der Waals surface area contributed by atoms with Gasteiger partial charge in [-0.25, -0.2) is 4.79 Å². The highest BCUT2D eigenvalue weighted by Gasteiger charge is 2.43. The molecule has 5 aromatic rings. The van der Waals surface area contributed by atoms with E-state index in [0.29, 0.717) is 65.7 Å². The molecular weight excluding hydrogens is 867 g/mol. The molecule has 9 rings (SSSR count). The number of rotatable bonds is 13. The van der Waals surface area contributed by atoms with Crippen LogP contribution in [0, 0.1) is 0 Å². The van der Waals surface area contributed by atoms with Crippen LogP contribution in [-0.2, 0) is 40.3 Å². The third-order valence-electron chi connectivity index (χ3n) is 12.6. The van der Waals surface area contributed by atoms with E-state index in [1.54, 1.807) is 34.1 Å². The lowest BCUT2D eigenvalue weighted by Crippen LogP contribution is -2.45.